The van der Waals surface area contributed by atoms with Crippen LogP contribution in [0.4, 0.5) is 9.18 Å². The number of imide groups is 1. The molecule has 1 atom stereocenters. The van der Waals surface area contributed by atoms with E-state index < -0.39 is 23.3 Å². The summed E-state index contributed by atoms with van der Waals surface area (Å²) < 4.78 is 19.2. The summed E-state index contributed by atoms with van der Waals surface area (Å²) in [6.07, 6.45) is 3.40. The van der Waals surface area contributed by atoms with Crippen molar-refractivity contribution in [2.45, 2.75) is 19.1 Å². The Morgan fingerprint density at radius 3 is 2.53 bits per heavy atom. The van der Waals surface area contributed by atoms with E-state index in [1.165, 1.54) is 36.2 Å². The van der Waals surface area contributed by atoms with Crippen LogP contribution in [0.3, 0.4) is 0 Å². The summed E-state index contributed by atoms with van der Waals surface area (Å²) in [5.74, 6) is -0.827. The Morgan fingerprint density at radius 1 is 1.15 bits per heavy atom. The summed E-state index contributed by atoms with van der Waals surface area (Å²) in [4.78, 5) is 43.3. The molecule has 1 fully saturated rings. The number of nitrogens with one attached hydrogen (secondary N) is 2. The summed E-state index contributed by atoms with van der Waals surface area (Å²) in [5, 5.41) is 4.81. The monoisotopic (exact) mass is 462 g/mol. The van der Waals surface area contributed by atoms with Crippen LogP contribution in [-0.2, 0) is 16.9 Å². The van der Waals surface area contributed by atoms with Crippen molar-refractivity contribution in [2.75, 3.05) is 13.6 Å². The van der Waals surface area contributed by atoms with Crippen LogP contribution in [0, 0.1) is 12.7 Å². The Balaban J connectivity index is 1.52. The second kappa shape index (κ2) is 9.30. The zero-order valence-electron chi connectivity index (χ0n) is 18.7. The molecule has 0 bridgehead atoms. The van der Waals surface area contributed by atoms with E-state index in [9.17, 15) is 18.8 Å². The fraction of sp³-hybridized carbons (Fsp3) is 0.200. The lowest BCUT2D eigenvalue weighted by atomic mass is 9.89. The van der Waals surface area contributed by atoms with Crippen molar-refractivity contribution in [3.05, 3.63) is 95.1 Å². The molecule has 0 saturated carbocycles. The van der Waals surface area contributed by atoms with Gasteiger partial charge in [-0.05, 0) is 54.4 Å². The van der Waals surface area contributed by atoms with Crippen LogP contribution in [-0.4, -0.2) is 41.3 Å². The Bertz CT molecular complexity index is 1230. The third-order valence-electron chi connectivity index (χ3n) is 5.66. The number of nitrogens with zero attached hydrogens (tertiary/aromatic N) is 2. The Labute approximate surface area is 195 Å². The average Bonchev–Trinajstić information content (AvgIpc) is 3.11. The van der Waals surface area contributed by atoms with Gasteiger partial charge in [0.2, 0.25) is 0 Å². The summed E-state index contributed by atoms with van der Waals surface area (Å²) >= 11 is 0. The predicted molar refractivity (Wildman–Crippen MR) is 121 cm³/mol. The van der Waals surface area contributed by atoms with Crippen LogP contribution in [0.1, 0.15) is 27.0 Å². The number of amides is 4. The second-order valence-electron chi connectivity index (χ2n) is 8.11. The summed E-state index contributed by atoms with van der Waals surface area (Å²) in [6.45, 7) is 1.99. The minimum atomic E-state index is -1.53. The first-order valence-electron chi connectivity index (χ1n) is 10.6. The number of urea groups is 1. The number of ether oxygens (including phenoxy) is 1. The Hall–Kier alpha value is -4.27. The number of benzene rings is 2. The summed E-state index contributed by atoms with van der Waals surface area (Å²) in [7, 11) is 1.54. The van der Waals surface area contributed by atoms with E-state index in [4.69, 9.17) is 4.74 Å². The molecule has 34 heavy (non-hydrogen) atoms. The van der Waals surface area contributed by atoms with Gasteiger partial charge < -0.3 is 15.0 Å². The van der Waals surface area contributed by atoms with Crippen molar-refractivity contribution in [1.29, 1.82) is 0 Å². The zero-order valence-corrected chi connectivity index (χ0v) is 18.7. The predicted octanol–water partition coefficient (Wildman–Crippen LogP) is 2.92. The number of rotatable bonds is 7. The number of halogens is 1. The van der Waals surface area contributed by atoms with Gasteiger partial charge in [-0.25, -0.2) is 9.18 Å². The third kappa shape index (κ3) is 4.59. The van der Waals surface area contributed by atoms with Crippen molar-refractivity contribution >= 4 is 17.8 Å². The molecule has 2 N–H and O–H groups in total. The molecule has 1 aliphatic heterocycles. The average molecular weight is 462 g/mol. The summed E-state index contributed by atoms with van der Waals surface area (Å²) in [6, 6.07) is 13.4. The minimum Gasteiger partial charge on any atom is -0.489 e. The maximum atomic E-state index is 13.4. The van der Waals surface area contributed by atoms with E-state index in [0.29, 0.717) is 29.0 Å². The molecule has 0 radical (unpaired) electrons. The molecule has 8 nitrogen and oxygen atoms in total. The normalized spacial score (nSPS) is 17.1. The number of hydrogen-bond donors (Lipinski definition) is 2. The third-order valence-corrected chi connectivity index (χ3v) is 5.66. The van der Waals surface area contributed by atoms with Gasteiger partial charge in [-0.2, -0.15) is 0 Å². The summed E-state index contributed by atoms with van der Waals surface area (Å²) in [5.41, 5.74) is 0.873. The van der Waals surface area contributed by atoms with Gasteiger partial charge in [-0.15, -0.1) is 0 Å². The second-order valence-corrected chi connectivity index (χ2v) is 8.11. The fourth-order valence-corrected chi connectivity index (χ4v) is 3.88. The molecule has 1 aliphatic rings. The maximum Gasteiger partial charge on any atom is 0.322 e. The van der Waals surface area contributed by atoms with Crippen LogP contribution in [0.15, 0.2) is 67.0 Å². The fourth-order valence-electron chi connectivity index (χ4n) is 3.88. The van der Waals surface area contributed by atoms with Gasteiger partial charge in [0.25, 0.3) is 11.8 Å². The highest BCUT2D eigenvalue weighted by Crippen LogP contribution is 2.28. The topological polar surface area (TPSA) is 101 Å². The molecule has 1 saturated heterocycles. The van der Waals surface area contributed by atoms with E-state index in [1.54, 1.807) is 37.5 Å². The van der Waals surface area contributed by atoms with E-state index >= 15 is 0 Å². The van der Waals surface area contributed by atoms with Crippen molar-refractivity contribution in [2.24, 2.45) is 0 Å². The SMILES string of the molecule is Cc1cc(OCc2cccnc2)ccc1C(=O)N(C)C[C@@]1(c2ccc(F)cc2)NC(=O)NC1=O. The molecule has 0 spiro atoms. The van der Waals surface area contributed by atoms with Crippen molar-refractivity contribution < 1.29 is 23.5 Å². The number of pyridine rings is 1. The highest BCUT2D eigenvalue weighted by atomic mass is 19.1. The van der Waals surface area contributed by atoms with Gasteiger partial charge in [0.1, 0.15) is 18.2 Å². The lowest BCUT2D eigenvalue weighted by Gasteiger charge is -2.31. The first-order valence-corrected chi connectivity index (χ1v) is 10.6. The number of likely N-dealkylation sites (N-methyl/N-ethyl adjacent to an activating group) is 1. The van der Waals surface area contributed by atoms with Gasteiger partial charge in [0, 0.05) is 30.6 Å². The molecular weight excluding hydrogens is 439 g/mol. The molecule has 0 aliphatic carbocycles. The first kappa shape index (κ1) is 22.9. The van der Waals surface area contributed by atoms with E-state index in [2.05, 4.69) is 15.6 Å². The van der Waals surface area contributed by atoms with Crippen LogP contribution < -0.4 is 15.4 Å². The number of aromatic nitrogens is 1. The van der Waals surface area contributed by atoms with Crippen LogP contribution in [0.2, 0.25) is 0 Å². The number of hydrogen-bond acceptors (Lipinski definition) is 5. The van der Waals surface area contributed by atoms with Gasteiger partial charge >= 0.3 is 6.03 Å². The molecule has 174 valence electrons. The molecule has 2 aromatic carbocycles. The molecule has 0 unspecified atom stereocenters. The van der Waals surface area contributed by atoms with Crippen molar-refractivity contribution in [3.63, 3.8) is 0 Å². The molecule has 3 aromatic rings. The molecule has 2 heterocycles. The smallest absolute Gasteiger partial charge is 0.322 e. The largest absolute Gasteiger partial charge is 0.489 e. The first-order chi connectivity index (χ1) is 16.3. The minimum absolute atomic E-state index is 0.145. The standard InChI is InChI=1S/C25H23FN4O4/c1-16-12-20(34-14-17-4-3-11-27-13-17)9-10-21(16)22(31)30(2)15-25(23(32)28-24(33)29-25)18-5-7-19(26)8-6-18/h3-13H,14-15H2,1-2H3,(H2,28,29,32,33)/t25-/m0/s1. The number of aryl methyl sites for hydroxylation is 1. The highest BCUT2D eigenvalue weighted by Gasteiger charge is 2.49. The van der Waals surface area contributed by atoms with Crippen molar-refractivity contribution in [3.8, 4) is 5.75 Å². The molecule has 9 heteroatoms. The lowest BCUT2D eigenvalue weighted by Crippen LogP contribution is -2.53. The molecule has 4 amide bonds. The molecular formula is C25H23FN4O4. The molecule has 4 rings (SSSR count). The van der Waals surface area contributed by atoms with Gasteiger partial charge in [0.05, 0.1) is 6.54 Å². The Morgan fingerprint density at radius 2 is 1.91 bits per heavy atom. The van der Waals surface area contributed by atoms with Gasteiger partial charge in [-0.3, -0.25) is 19.9 Å². The van der Waals surface area contributed by atoms with E-state index in [0.717, 1.165) is 5.56 Å². The van der Waals surface area contributed by atoms with E-state index in [1.807, 2.05) is 12.1 Å². The van der Waals surface area contributed by atoms with Crippen LogP contribution in [0.5, 0.6) is 5.75 Å². The molecule has 1 aromatic heterocycles. The Kier molecular flexibility index (Phi) is 6.27. The maximum absolute atomic E-state index is 13.4. The number of carbonyl (C=O) groups excluding carboxylic acids is 3. The van der Waals surface area contributed by atoms with Gasteiger partial charge in [-0.1, -0.05) is 18.2 Å². The van der Waals surface area contributed by atoms with Gasteiger partial charge in [0.15, 0.2) is 5.54 Å². The lowest BCUT2D eigenvalue weighted by molar-refractivity contribution is -0.124. The number of carbonyl (C=O) groups is 3. The highest BCUT2D eigenvalue weighted by molar-refractivity contribution is 6.08. The van der Waals surface area contributed by atoms with Crippen molar-refractivity contribution in [1.82, 2.24) is 20.5 Å². The van der Waals surface area contributed by atoms with Crippen LogP contribution >= 0.6 is 0 Å². The van der Waals surface area contributed by atoms with Crippen LogP contribution in [0.25, 0.3) is 0 Å². The van der Waals surface area contributed by atoms with E-state index in [-0.39, 0.29) is 12.5 Å². The zero-order chi connectivity index (χ0) is 24.3. The quantitative estimate of drug-likeness (QED) is 0.526.